The summed E-state index contributed by atoms with van der Waals surface area (Å²) < 4.78 is 40.8. The zero-order chi connectivity index (χ0) is 14.0. The Bertz CT molecular complexity index is 560. The SMILES string of the molecule is Cc1ccc(S(=O)(=O)NC2CCCNC2C)c(F)c1. The van der Waals surface area contributed by atoms with Crippen molar-refractivity contribution < 1.29 is 12.8 Å². The van der Waals surface area contributed by atoms with Crippen LogP contribution in [0.25, 0.3) is 0 Å². The minimum absolute atomic E-state index is 0.0528. The summed E-state index contributed by atoms with van der Waals surface area (Å²) in [6.45, 7) is 4.54. The number of halogens is 1. The molecular formula is C13H19FN2O2S. The maximum Gasteiger partial charge on any atom is 0.243 e. The first-order chi connectivity index (χ1) is 8.90. The van der Waals surface area contributed by atoms with Gasteiger partial charge in [0.15, 0.2) is 0 Å². The van der Waals surface area contributed by atoms with E-state index >= 15 is 0 Å². The Morgan fingerprint density at radius 2 is 2.16 bits per heavy atom. The fourth-order valence-corrected chi connectivity index (χ4v) is 3.70. The lowest BCUT2D eigenvalue weighted by molar-refractivity contribution is 0.348. The van der Waals surface area contributed by atoms with Crippen LogP contribution in [-0.2, 0) is 10.0 Å². The zero-order valence-corrected chi connectivity index (χ0v) is 11.9. The van der Waals surface area contributed by atoms with Crippen molar-refractivity contribution >= 4 is 10.0 Å². The van der Waals surface area contributed by atoms with Crippen LogP contribution in [0, 0.1) is 12.7 Å². The molecule has 0 saturated carbocycles. The van der Waals surface area contributed by atoms with E-state index in [9.17, 15) is 12.8 Å². The van der Waals surface area contributed by atoms with Crippen LogP contribution in [0.3, 0.4) is 0 Å². The van der Waals surface area contributed by atoms with Crippen LogP contribution in [-0.4, -0.2) is 27.0 Å². The highest BCUT2D eigenvalue weighted by Gasteiger charge is 2.28. The number of aryl methyl sites for hydroxylation is 1. The number of piperidine rings is 1. The summed E-state index contributed by atoms with van der Waals surface area (Å²) in [5.41, 5.74) is 0.698. The summed E-state index contributed by atoms with van der Waals surface area (Å²) in [5, 5.41) is 3.21. The van der Waals surface area contributed by atoms with Gasteiger partial charge in [-0.2, -0.15) is 0 Å². The molecule has 1 aromatic carbocycles. The van der Waals surface area contributed by atoms with Crippen molar-refractivity contribution in [3.8, 4) is 0 Å². The van der Waals surface area contributed by atoms with Crippen LogP contribution in [0.2, 0.25) is 0 Å². The van der Waals surface area contributed by atoms with Gasteiger partial charge in [-0.25, -0.2) is 17.5 Å². The molecule has 106 valence electrons. The van der Waals surface area contributed by atoms with Crippen LogP contribution in [0.5, 0.6) is 0 Å². The lowest BCUT2D eigenvalue weighted by atomic mass is 10.0. The van der Waals surface area contributed by atoms with E-state index in [1.54, 1.807) is 13.0 Å². The van der Waals surface area contributed by atoms with Crippen LogP contribution >= 0.6 is 0 Å². The summed E-state index contributed by atoms with van der Waals surface area (Å²) in [5.74, 6) is -0.705. The van der Waals surface area contributed by atoms with Gasteiger partial charge in [0, 0.05) is 12.1 Å². The molecule has 1 heterocycles. The highest BCUT2D eigenvalue weighted by atomic mass is 32.2. The first-order valence-corrected chi connectivity index (χ1v) is 7.90. The van der Waals surface area contributed by atoms with E-state index in [0.717, 1.165) is 19.4 Å². The van der Waals surface area contributed by atoms with Gasteiger partial charge in [0.05, 0.1) is 0 Å². The molecule has 2 atom stereocenters. The third kappa shape index (κ3) is 3.32. The Morgan fingerprint density at radius 1 is 1.42 bits per heavy atom. The van der Waals surface area contributed by atoms with Crippen molar-refractivity contribution in [3.05, 3.63) is 29.6 Å². The van der Waals surface area contributed by atoms with Gasteiger partial charge in [-0.15, -0.1) is 0 Å². The summed E-state index contributed by atoms with van der Waals surface area (Å²) in [6, 6.07) is 4.00. The molecule has 0 spiro atoms. The van der Waals surface area contributed by atoms with Gasteiger partial charge >= 0.3 is 0 Å². The molecule has 1 aliphatic rings. The normalized spacial score (nSPS) is 24.4. The fourth-order valence-electron chi connectivity index (χ4n) is 2.29. The van der Waals surface area contributed by atoms with Crippen LogP contribution in [0.4, 0.5) is 4.39 Å². The minimum atomic E-state index is -3.81. The lowest BCUT2D eigenvalue weighted by Crippen LogP contribution is -2.51. The Labute approximate surface area is 113 Å². The summed E-state index contributed by atoms with van der Waals surface area (Å²) in [4.78, 5) is -0.282. The number of hydrogen-bond acceptors (Lipinski definition) is 3. The summed E-state index contributed by atoms with van der Waals surface area (Å²) in [7, 11) is -3.81. The van der Waals surface area contributed by atoms with Gasteiger partial charge in [0.1, 0.15) is 10.7 Å². The Hall–Kier alpha value is -0.980. The molecule has 2 unspecified atom stereocenters. The van der Waals surface area contributed by atoms with E-state index in [-0.39, 0.29) is 17.0 Å². The maximum absolute atomic E-state index is 13.8. The van der Waals surface area contributed by atoms with E-state index in [2.05, 4.69) is 10.0 Å². The predicted octanol–water partition coefficient (Wildman–Crippen LogP) is 1.55. The molecule has 1 aliphatic heterocycles. The van der Waals surface area contributed by atoms with Gasteiger partial charge in [-0.3, -0.25) is 0 Å². The van der Waals surface area contributed by atoms with Crippen molar-refractivity contribution in [3.63, 3.8) is 0 Å². The van der Waals surface area contributed by atoms with Crippen LogP contribution in [0.1, 0.15) is 25.3 Å². The number of nitrogens with one attached hydrogen (secondary N) is 2. The largest absolute Gasteiger partial charge is 0.313 e. The molecule has 2 N–H and O–H groups in total. The van der Waals surface area contributed by atoms with Crippen molar-refractivity contribution in [1.29, 1.82) is 0 Å². The molecule has 2 rings (SSSR count). The van der Waals surface area contributed by atoms with Crippen molar-refractivity contribution in [1.82, 2.24) is 10.0 Å². The van der Waals surface area contributed by atoms with Gasteiger partial charge < -0.3 is 5.32 Å². The first kappa shape index (κ1) is 14.4. The van der Waals surface area contributed by atoms with E-state index < -0.39 is 15.8 Å². The molecule has 0 aromatic heterocycles. The second-order valence-electron chi connectivity index (χ2n) is 5.05. The number of benzene rings is 1. The highest BCUT2D eigenvalue weighted by molar-refractivity contribution is 7.89. The minimum Gasteiger partial charge on any atom is -0.313 e. The third-order valence-electron chi connectivity index (χ3n) is 3.45. The predicted molar refractivity (Wildman–Crippen MR) is 71.9 cm³/mol. The Morgan fingerprint density at radius 3 is 2.79 bits per heavy atom. The quantitative estimate of drug-likeness (QED) is 0.886. The van der Waals surface area contributed by atoms with Gasteiger partial charge in [-0.1, -0.05) is 6.07 Å². The second kappa shape index (κ2) is 5.56. The summed E-state index contributed by atoms with van der Waals surface area (Å²) in [6.07, 6.45) is 1.68. The highest BCUT2D eigenvalue weighted by Crippen LogP contribution is 2.18. The third-order valence-corrected chi connectivity index (χ3v) is 4.97. The summed E-state index contributed by atoms with van der Waals surface area (Å²) >= 11 is 0. The van der Waals surface area contributed by atoms with E-state index in [4.69, 9.17) is 0 Å². The number of sulfonamides is 1. The molecule has 1 aromatic rings. The van der Waals surface area contributed by atoms with E-state index in [1.165, 1.54) is 12.1 Å². The van der Waals surface area contributed by atoms with E-state index in [1.807, 2.05) is 6.92 Å². The smallest absolute Gasteiger partial charge is 0.243 e. The maximum atomic E-state index is 13.8. The number of hydrogen-bond donors (Lipinski definition) is 2. The Balaban J connectivity index is 2.22. The average Bonchev–Trinajstić information content (AvgIpc) is 2.31. The topological polar surface area (TPSA) is 58.2 Å². The van der Waals surface area contributed by atoms with E-state index in [0.29, 0.717) is 5.56 Å². The lowest BCUT2D eigenvalue weighted by Gasteiger charge is -2.30. The van der Waals surface area contributed by atoms with Gasteiger partial charge in [0.2, 0.25) is 10.0 Å². The molecule has 0 amide bonds. The second-order valence-corrected chi connectivity index (χ2v) is 6.73. The first-order valence-electron chi connectivity index (χ1n) is 6.42. The molecule has 0 aliphatic carbocycles. The van der Waals surface area contributed by atoms with Gasteiger partial charge in [-0.05, 0) is 50.9 Å². The molecular weight excluding hydrogens is 267 g/mol. The molecule has 6 heteroatoms. The molecule has 0 bridgehead atoms. The van der Waals surface area contributed by atoms with Crippen molar-refractivity contribution in [2.75, 3.05) is 6.54 Å². The Kier molecular flexibility index (Phi) is 4.23. The van der Waals surface area contributed by atoms with Crippen LogP contribution < -0.4 is 10.0 Å². The molecule has 1 fully saturated rings. The molecule has 1 saturated heterocycles. The standard InChI is InChI=1S/C13H19FN2O2S/c1-9-5-6-13(11(14)8-9)19(17,18)16-12-4-3-7-15-10(12)2/h5-6,8,10,12,15-16H,3-4,7H2,1-2H3. The average molecular weight is 286 g/mol. The molecule has 4 nitrogen and oxygen atoms in total. The monoisotopic (exact) mass is 286 g/mol. The van der Waals surface area contributed by atoms with Gasteiger partial charge in [0.25, 0.3) is 0 Å². The zero-order valence-electron chi connectivity index (χ0n) is 11.1. The fraction of sp³-hybridized carbons (Fsp3) is 0.538. The number of rotatable bonds is 3. The van der Waals surface area contributed by atoms with Crippen molar-refractivity contribution in [2.24, 2.45) is 0 Å². The molecule has 0 radical (unpaired) electrons. The van der Waals surface area contributed by atoms with Crippen LogP contribution in [0.15, 0.2) is 23.1 Å². The van der Waals surface area contributed by atoms with Crippen molar-refractivity contribution in [2.45, 2.75) is 43.7 Å². The molecule has 19 heavy (non-hydrogen) atoms.